The summed E-state index contributed by atoms with van der Waals surface area (Å²) >= 11 is 11.0. The van der Waals surface area contributed by atoms with Crippen molar-refractivity contribution in [1.29, 1.82) is 0 Å². The number of hydrogen-bond acceptors (Lipinski definition) is 0. The summed E-state index contributed by atoms with van der Waals surface area (Å²) in [7, 11) is 0. The average molecular weight is 461 g/mol. The Morgan fingerprint density at radius 1 is 0.900 bits per heavy atom. The fraction of sp³-hybridized carbons (Fsp3) is 0.294. The number of halogens is 3. The van der Waals surface area contributed by atoms with E-state index in [0.717, 1.165) is 8.95 Å². The molecule has 2 aromatic carbocycles. The van der Waals surface area contributed by atoms with Gasteiger partial charge in [-0.3, -0.25) is 0 Å². The van der Waals surface area contributed by atoms with Gasteiger partial charge in [0.2, 0.25) is 0 Å². The van der Waals surface area contributed by atoms with Crippen molar-refractivity contribution in [2.75, 3.05) is 0 Å². The Morgan fingerprint density at radius 2 is 1.50 bits per heavy atom. The topological polar surface area (TPSA) is 0 Å². The Labute approximate surface area is 146 Å². The van der Waals surface area contributed by atoms with Crippen molar-refractivity contribution in [2.24, 2.45) is 0 Å². The molecule has 0 amide bonds. The zero-order valence-corrected chi connectivity index (χ0v) is 16.5. The highest BCUT2D eigenvalue weighted by Crippen LogP contribution is 2.37. The van der Waals surface area contributed by atoms with Gasteiger partial charge in [-0.05, 0) is 40.3 Å². The lowest BCUT2D eigenvalue weighted by Crippen LogP contribution is -2.10. The first-order valence-corrected chi connectivity index (χ1v) is 8.98. The number of rotatable bonds is 2. The smallest absolute Gasteiger partial charge is 0.0656 e. The van der Waals surface area contributed by atoms with Gasteiger partial charge in [-0.2, -0.15) is 0 Å². The molecule has 0 bridgehead atoms. The third kappa shape index (κ3) is 3.75. The van der Waals surface area contributed by atoms with Crippen molar-refractivity contribution >= 4 is 47.8 Å². The van der Waals surface area contributed by atoms with Crippen LogP contribution in [0, 0.1) is 0 Å². The molecule has 0 spiro atoms. The normalized spacial score (nSPS) is 13.3. The molecule has 20 heavy (non-hydrogen) atoms. The number of alkyl halides is 1. The van der Waals surface area contributed by atoms with Gasteiger partial charge in [-0.1, -0.05) is 92.8 Å². The van der Waals surface area contributed by atoms with Crippen LogP contribution in [0.25, 0.3) is 0 Å². The van der Waals surface area contributed by atoms with E-state index in [-0.39, 0.29) is 10.2 Å². The largest absolute Gasteiger partial charge is 0.0786 e. The van der Waals surface area contributed by atoms with E-state index in [1.807, 2.05) is 6.07 Å². The second kappa shape index (κ2) is 6.33. The molecule has 0 aliphatic carbocycles. The maximum absolute atomic E-state index is 3.80. The molecule has 0 saturated carbocycles. The van der Waals surface area contributed by atoms with E-state index in [1.165, 1.54) is 16.7 Å². The molecular weight excluding hydrogens is 444 g/mol. The summed E-state index contributed by atoms with van der Waals surface area (Å²) in [5.74, 6) is 0. The van der Waals surface area contributed by atoms with Gasteiger partial charge >= 0.3 is 0 Å². The lowest BCUT2D eigenvalue weighted by atomic mass is 9.86. The summed E-state index contributed by atoms with van der Waals surface area (Å²) < 4.78 is 2.20. The van der Waals surface area contributed by atoms with E-state index < -0.39 is 0 Å². The fourth-order valence-corrected chi connectivity index (χ4v) is 3.89. The van der Waals surface area contributed by atoms with Crippen molar-refractivity contribution in [1.82, 2.24) is 0 Å². The molecule has 0 radical (unpaired) electrons. The Bertz CT molecular complexity index is 595. The lowest BCUT2D eigenvalue weighted by Gasteiger charge is -2.20. The standard InChI is InChI=1S/C17H17Br3/c1-17(2,3)12-6-4-11(5-7-12)16(20)14-10-13(18)8-9-15(14)19/h4-10,16H,1-3H3. The highest BCUT2D eigenvalue weighted by Gasteiger charge is 2.17. The molecule has 0 aromatic heterocycles. The molecule has 0 nitrogen and oxygen atoms in total. The van der Waals surface area contributed by atoms with Crippen molar-refractivity contribution in [3.05, 3.63) is 68.1 Å². The minimum absolute atomic E-state index is 0.184. The van der Waals surface area contributed by atoms with E-state index in [1.54, 1.807) is 0 Å². The van der Waals surface area contributed by atoms with Crippen LogP contribution < -0.4 is 0 Å². The molecule has 0 aliphatic rings. The number of hydrogen-bond donors (Lipinski definition) is 0. The summed E-state index contributed by atoms with van der Waals surface area (Å²) in [5.41, 5.74) is 4.03. The van der Waals surface area contributed by atoms with Crippen LogP contribution >= 0.6 is 47.8 Å². The fourth-order valence-electron chi connectivity index (χ4n) is 2.04. The zero-order valence-electron chi connectivity index (χ0n) is 11.8. The van der Waals surface area contributed by atoms with Gasteiger partial charge in [0.15, 0.2) is 0 Å². The van der Waals surface area contributed by atoms with E-state index in [2.05, 4.69) is 105 Å². The maximum Gasteiger partial charge on any atom is 0.0656 e. The molecule has 1 unspecified atom stereocenters. The van der Waals surface area contributed by atoms with Gasteiger partial charge in [0.1, 0.15) is 0 Å². The van der Waals surface area contributed by atoms with Crippen molar-refractivity contribution in [3.8, 4) is 0 Å². The molecule has 0 N–H and O–H groups in total. The predicted octanol–water partition coefficient (Wildman–Crippen LogP) is 6.99. The first-order valence-electron chi connectivity index (χ1n) is 6.48. The molecule has 2 aromatic rings. The molecule has 0 fully saturated rings. The molecule has 0 saturated heterocycles. The maximum atomic E-state index is 3.80. The first kappa shape index (κ1) is 16.3. The lowest BCUT2D eigenvalue weighted by molar-refractivity contribution is 0.590. The van der Waals surface area contributed by atoms with Gasteiger partial charge in [0.25, 0.3) is 0 Å². The highest BCUT2D eigenvalue weighted by atomic mass is 79.9. The minimum atomic E-state index is 0.184. The highest BCUT2D eigenvalue weighted by molar-refractivity contribution is 9.11. The van der Waals surface area contributed by atoms with Crippen LogP contribution in [-0.2, 0) is 5.41 Å². The number of benzene rings is 2. The van der Waals surface area contributed by atoms with Gasteiger partial charge in [-0.25, -0.2) is 0 Å². The molecule has 0 aliphatic heterocycles. The van der Waals surface area contributed by atoms with E-state index in [9.17, 15) is 0 Å². The molecule has 2 rings (SSSR count). The average Bonchev–Trinajstić information content (AvgIpc) is 2.40. The van der Waals surface area contributed by atoms with Crippen LogP contribution in [0.2, 0.25) is 0 Å². The summed E-state index contributed by atoms with van der Waals surface area (Å²) in [6.07, 6.45) is 0. The van der Waals surface area contributed by atoms with Crippen LogP contribution in [0.15, 0.2) is 51.4 Å². The first-order chi connectivity index (χ1) is 9.29. The van der Waals surface area contributed by atoms with Crippen LogP contribution in [0.1, 0.15) is 42.3 Å². The van der Waals surface area contributed by atoms with E-state index >= 15 is 0 Å². The zero-order chi connectivity index (χ0) is 14.9. The molecule has 3 heteroatoms. The SMILES string of the molecule is CC(C)(C)c1ccc(C(Br)c2cc(Br)ccc2Br)cc1. The van der Waals surface area contributed by atoms with Crippen LogP contribution in [0.5, 0.6) is 0 Å². The Hall–Kier alpha value is -0.120. The van der Waals surface area contributed by atoms with Crippen molar-refractivity contribution in [2.45, 2.75) is 31.0 Å². The third-order valence-corrected chi connectivity index (χ3v) is 5.54. The van der Waals surface area contributed by atoms with Crippen LogP contribution in [-0.4, -0.2) is 0 Å². The van der Waals surface area contributed by atoms with Crippen LogP contribution in [0.4, 0.5) is 0 Å². The molecule has 1 atom stereocenters. The predicted molar refractivity (Wildman–Crippen MR) is 97.8 cm³/mol. The summed E-state index contributed by atoms with van der Waals surface area (Å²) in [6, 6.07) is 15.1. The third-order valence-electron chi connectivity index (χ3n) is 3.30. The Balaban J connectivity index is 2.34. The van der Waals surface area contributed by atoms with E-state index in [4.69, 9.17) is 0 Å². The van der Waals surface area contributed by atoms with Crippen LogP contribution in [0.3, 0.4) is 0 Å². The molecule has 0 heterocycles. The molecule has 106 valence electrons. The second-order valence-electron chi connectivity index (χ2n) is 5.90. The molecular formula is C17H17Br3. The Kier molecular flexibility index (Phi) is 5.14. The monoisotopic (exact) mass is 458 g/mol. The summed E-state index contributed by atoms with van der Waals surface area (Å²) in [4.78, 5) is 0.184. The van der Waals surface area contributed by atoms with Gasteiger partial charge < -0.3 is 0 Å². The van der Waals surface area contributed by atoms with Gasteiger partial charge in [0.05, 0.1) is 4.83 Å². The van der Waals surface area contributed by atoms with Gasteiger partial charge in [-0.15, -0.1) is 0 Å². The Morgan fingerprint density at radius 3 is 2.05 bits per heavy atom. The van der Waals surface area contributed by atoms with Gasteiger partial charge in [0, 0.05) is 8.95 Å². The van der Waals surface area contributed by atoms with Crippen molar-refractivity contribution < 1.29 is 0 Å². The quantitative estimate of drug-likeness (QED) is 0.423. The van der Waals surface area contributed by atoms with Crippen molar-refractivity contribution in [3.63, 3.8) is 0 Å². The minimum Gasteiger partial charge on any atom is -0.0786 e. The summed E-state index contributed by atoms with van der Waals surface area (Å²) in [5, 5.41) is 0. The van der Waals surface area contributed by atoms with E-state index in [0.29, 0.717) is 0 Å². The summed E-state index contributed by atoms with van der Waals surface area (Å²) in [6.45, 7) is 6.70. The second-order valence-corrected chi connectivity index (χ2v) is 8.59.